The Kier molecular flexibility index (Phi) is 5.41. The van der Waals surface area contributed by atoms with Gasteiger partial charge in [-0.3, -0.25) is 29.9 Å². The molecule has 0 radical (unpaired) electrons. The lowest BCUT2D eigenvalue weighted by molar-refractivity contribution is -0.394. The zero-order chi connectivity index (χ0) is 23.0. The molecule has 0 fully saturated rings. The average Bonchev–Trinajstić information content (AvgIpc) is 3.40. The Bertz CT molecular complexity index is 1330. The van der Waals surface area contributed by atoms with Gasteiger partial charge in [-0.05, 0) is 43.2 Å². The summed E-state index contributed by atoms with van der Waals surface area (Å²) in [4.78, 5) is 40.3. The molecule has 4 rings (SSSR count). The van der Waals surface area contributed by atoms with Crippen LogP contribution in [0.1, 0.15) is 27.2 Å². The van der Waals surface area contributed by atoms with E-state index < -0.39 is 27.1 Å². The van der Waals surface area contributed by atoms with Crippen LogP contribution in [0.2, 0.25) is 0 Å². The third-order valence-corrected chi connectivity index (χ3v) is 5.98. The summed E-state index contributed by atoms with van der Waals surface area (Å²) in [7, 11) is 0. The summed E-state index contributed by atoms with van der Waals surface area (Å²) in [6.45, 7) is 3.89. The molecule has 32 heavy (non-hydrogen) atoms. The molecule has 0 spiro atoms. The van der Waals surface area contributed by atoms with Gasteiger partial charge in [0.25, 0.3) is 17.3 Å². The fourth-order valence-electron chi connectivity index (χ4n) is 3.35. The maximum absolute atomic E-state index is 13.5. The monoisotopic (exact) mass is 452 g/mol. The first-order valence-electron chi connectivity index (χ1n) is 9.39. The molecule has 0 aliphatic rings. The predicted molar refractivity (Wildman–Crippen MR) is 118 cm³/mol. The number of hydrogen-bond acceptors (Lipinski definition) is 8. The fourth-order valence-corrected chi connectivity index (χ4v) is 4.36. The number of nitrogens with zero attached hydrogens (tertiary/aromatic N) is 4. The third-order valence-electron chi connectivity index (χ3n) is 4.75. The first kappa shape index (κ1) is 21.1. The minimum absolute atomic E-state index is 0.000173. The number of fused-ring (bicyclic) bond motifs is 1. The number of carbonyl (C=O) groups excluding carboxylic acids is 1. The van der Waals surface area contributed by atoms with Crippen molar-refractivity contribution in [3.63, 3.8) is 0 Å². The van der Waals surface area contributed by atoms with Gasteiger partial charge in [-0.15, -0.1) is 0 Å². The normalized spacial score (nSPS) is 10.9. The maximum Gasteiger partial charge on any atom is 0.277 e. The number of thiazole rings is 1. The molecule has 162 valence electrons. The number of aryl methyl sites for hydroxylation is 2. The number of carbonyl (C=O) groups is 1. The Morgan fingerprint density at radius 1 is 1.09 bits per heavy atom. The van der Waals surface area contributed by atoms with Gasteiger partial charge in [-0.25, -0.2) is 4.98 Å². The zero-order valence-electron chi connectivity index (χ0n) is 17.0. The van der Waals surface area contributed by atoms with Crippen molar-refractivity contribution in [2.45, 2.75) is 20.4 Å². The van der Waals surface area contributed by atoms with Gasteiger partial charge < -0.3 is 4.42 Å². The number of aromatic nitrogens is 1. The minimum atomic E-state index is -0.773. The second-order valence-corrected chi connectivity index (χ2v) is 8.13. The molecular weight excluding hydrogens is 436 g/mol. The van der Waals surface area contributed by atoms with Crippen LogP contribution in [0.3, 0.4) is 0 Å². The van der Waals surface area contributed by atoms with Crippen molar-refractivity contribution in [2.75, 3.05) is 4.90 Å². The molecular formula is C21H16N4O6S. The number of nitro benzene ring substituents is 2. The lowest BCUT2D eigenvalue weighted by Crippen LogP contribution is -2.30. The van der Waals surface area contributed by atoms with Gasteiger partial charge in [0.05, 0.1) is 44.5 Å². The van der Waals surface area contributed by atoms with E-state index in [0.717, 1.165) is 34.0 Å². The van der Waals surface area contributed by atoms with Crippen molar-refractivity contribution in [1.82, 2.24) is 4.98 Å². The van der Waals surface area contributed by atoms with E-state index in [1.807, 2.05) is 26.0 Å². The Hall–Kier alpha value is -4.12. The highest BCUT2D eigenvalue weighted by Crippen LogP contribution is 2.34. The van der Waals surface area contributed by atoms with Gasteiger partial charge >= 0.3 is 0 Å². The first-order chi connectivity index (χ1) is 15.2. The molecule has 1 amide bonds. The summed E-state index contributed by atoms with van der Waals surface area (Å²) in [5.74, 6) is -0.202. The number of anilines is 1. The summed E-state index contributed by atoms with van der Waals surface area (Å²) in [5.41, 5.74) is 1.45. The molecule has 2 aromatic heterocycles. The summed E-state index contributed by atoms with van der Waals surface area (Å²) >= 11 is 1.29. The highest BCUT2D eigenvalue weighted by molar-refractivity contribution is 7.22. The summed E-state index contributed by atoms with van der Waals surface area (Å²) in [5, 5.41) is 22.9. The van der Waals surface area contributed by atoms with Crippen LogP contribution in [0.5, 0.6) is 0 Å². The lowest BCUT2D eigenvalue weighted by Gasteiger charge is -2.18. The summed E-state index contributed by atoms with van der Waals surface area (Å²) in [6.07, 6.45) is 1.46. The van der Waals surface area contributed by atoms with Crippen LogP contribution in [-0.2, 0) is 6.54 Å². The van der Waals surface area contributed by atoms with Gasteiger partial charge in [0.2, 0.25) is 0 Å². The van der Waals surface area contributed by atoms with E-state index in [4.69, 9.17) is 4.42 Å². The van der Waals surface area contributed by atoms with Crippen LogP contribution >= 0.6 is 11.3 Å². The van der Waals surface area contributed by atoms with E-state index in [1.165, 1.54) is 22.5 Å². The van der Waals surface area contributed by atoms with Crippen molar-refractivity contribution in [1.29, 1.82) is 0 Å². The standard InChI is InChI=1S/C21H16N4O6S/c1-12-6-13(2)19-18(7-12)22-21(32-19)23(11-17-4-3-5-31-17)20(26)14-8-15(24(27)28)10-16(9-14)25(29)30/h3-10H,11H2,1-2H3. The Labute approximate surface area is 185 Å². The molecule has 2 aromatic carbocycles. The van der Waals surface area contributed by atoms with Gasteiger partial charge in [-0.1, -0.05) is 17.4 Å². The van der Waals surface area contributed by atoms with Gasteiger partial charge in [0, 0.05) is 12.1 Å². The van der Waals surface area contributed by atoms with Crippen molar-refractivity contribution >= 4 is 44.0 Å². The molecule has 2 heterocycles. The Balaban J connectivity index is 1.84. The zero-order valence-corrected chi connectivity index (χ0v) is 17.8. The smallest absolute Gasteiger partial charge is 0.277 e. The predicted octanol–water partition coefficient (Wildman–Crippen LogP) is 5.17. The molecule has 0 bridgehead atoms. The lowest BCUT2D eigenvalue weighted by atomic mass is 10.1. The maximum atomic E-state index is 13.5. The molecule has 0 saturated carbocycles. The van der Waals surface area contributed by atoms with Crippen LogP contribution in [0.25, 0.3) is 10.2 Å². The molecule has 0 atom stereocenters. The third kappa shape index (κ3) is 4.05. The number of non-ortho nitro benzene ring substituents is 2. The SMILES string of the molecule is Cc1cc(C)c2sc(N(Cc3ccco3)C(=O)c3cc([N+](=O)[O-])cc([N+](=O)[O-])c3)nc2c1. The number of furan rings is 1. The van der Waals surface area contributed by atoms with Crippen LogP contribution < -0.4 is 4.90 Å². The van der Waals surface area contributed by atoms with E-state index >= 15 is 0 Å². The molecule has 0 aliphatic carbocycles. The Morgan fingerprint density at radius 3 is 2.38 bits per heavy atom. The van der Waals surface area contributed by atoms with Crippen molar-refractivity contribution in [2.24, 2.45) is 0 Å². The van der Waals surface area contributed by atoms with E-state index in [0.29, 0.717) is 16.4 Å². The topological polar surface area (TPSA) is 133 Å². The molecule has 0 aliphatic heterocycles. The van der Waals surface area contributed by atoms with E-state index in [1.54, 1.807) is 12.1 Å². The summed E-state index contributed by atoms with van der Waals surface area (Å²) in [6, 6.07) is 10.1. The first-order valence-corrected chi connectivity index (χ1v) is 10.2. The quantitative estimate of drug-likeness (QED) is 0.291. The second kappa shape index (κ2) is 8.19. The second-order valence-electron chi connectivity index (χ2n) is 7.15. The van der Waals surface area contributed by atoms with Crippen LogP contribution in [0, 0.1) is 34.1 Å². The highest BCUT2D eigenvalue weighted by atomic mass is 32.1. The highest BCUT2D eigenvalue weighted by Gasteiger charge is 2.27. The van der Waals surface area contributed by atoms with Crippen LogP contribution in [0.4, 0.5) is 16.5 Å². The number of amides is 1. The van der Waals surface area contributed by atoms with E-state index in [2.05, 4.69) is 4.98 Å². The van der Waals surface area contributed by atoms with Crippen molar-refractivity contribution in [3.05, 3.63) is 91.4 Å². The molecule has 11 heteroatoms. The largest absolute Gasteiger partial charge is 0.467 e. The fraction of sp³-hybridized carbons (Fsp3) is 0.143. The molecule has 0 saturated heterocycles. The number of nitro groups is 2. The Morgan fingerprint density at radius 2 is 1.78 bits per heavy atom. The molecule has 10 nitrogen and oxygen atoms in total. The minimum Gasteiger partial charge on any atom is -0.467 e. The van der Waals surface area contributed by atoms with Gasteiger partial charge in [-0.2, -0.15) is 0 Å². The van der Waals surface area contributed by atoms with Gasteiger partial charge in [0.15, 0.2) is 5.13 Å². The molecule has 0 unspecified atom stereocenters. The van der Waals surface area contributed by atoms with Crippen molar-refractivity contribution < 1.29 is 19.1 Å². The van der Waals surface area contributed by atoms with Crippen LogP contribution in [-0.4, -0.2) is 20.7 Å². The number of benzene rings is 2. The molecule has 0 N–H and O–H groups in total. The average molecular weight is 452 g/mol. The van der Waals surface area contributed by atoms with Crippen LogP contribution in [0.15, 0.2) is 53.1 Å². The number of hydrogen-bond donors (Lipinski definition) is 0. The summed E-state index contributed by atoms with van der Waals surface area (Å²) < 4.78 is 6.28. The number of rotatable bonds is 6. The van der Waals surface area contributed by atoms with Gasteiger partial charge in [0.1, 0.15) is 5.76 Å². The molecule has 4 aromatic rings. The van der Waals surface area contributed by atoms with Crippen molar-refractivity contribution in [3.8, 4) is 0 Å². The van der Waals surface area contributed by atoms with E-state index in [9.17, 15) is 25.0 Å². The van der Waals surface area contributed by atoms with E-state index in [-0.39, 0.29) is 12.1 Å².